The molecule has 0 aliphatic heterocycles. The van der Waals surface area contributed by atoms with Crippen molar-refractivity contribution >= 4 is 11.6 Å². The minimum atomic E-state index is -0.795. The normalized spacial score (nSPS) is 10.2. The van der Waals surface area contributed by atoms with Crippen LogP contribution in [0.5, 0.6) is 11.6 Å². The maximum atomic E-state index is 13.4. The second-order valence-corrected chi connectivity index (χ2v) is 3.60. The third-order valence-electron chi connectivity index (χ3n) is 2.17. The molecule has 0 radical (unpaired) electrons. The molecule has 0 saturated heterocycles. The summed E-state index contributed by atoms with van der Waals surface area (Å²) in [5.41, 5.74) is 0.441. The lowest BCUT2D eigenvalue weighted by atomic mass is 10.3. The molecule has 0 aliphatic carbocycles. The molecule has 0 aromatic carbocycles. The third kappa shape index (κ3) is 2.33. The summed E-state index contributed by atoms with van der Waals surface area (Å²) in [7, 11) is 2.83. The summed E-state index contributed by atoms with van der Waals surface area (Å²) < 4.78 is 23.1. The molecule has 2 heterocycles. The van der Waals surface area contributed by atoms with Gasteiger partial charge in [0.15, 0.2) is 11.0 Å². The predicted molar refractivity (Wildman–Crippen MR) is 63.3 cm³/mol. The van der Waals surface area contributed by atoms with E-state index in [9.17, 15) is 4.39 Å². The molecule has 2 aromatic heterocycles. The van der Waals surface area contributed by atoms with Crippen LogP contribution in [0, 0.1) is 5.82 Å². The summed E-state index contributed by atoms with van der Waals surface area (Å²) in [4.78, 5) is 11.8. The molecule has 94 valence electrons. The molecule has 2 aromatic rings. The highest BCUT2D eigenvalue weighted by Crippen LogP contribution is 2.25. The Morgan fingerprint density at radius 2 is 1.94 bits per heavy atom. The van der Waals surface area contributed by atoms with E-state index in [1.807, 2.05) is 0 Å². The van der Waals surface area contributed by atoms with E-state index in [1.165, 1.54) is 20.4 Å². The van der Waals surface area contributed by atoms with Crippen LogP contribution in [-0.2, 0) is 0 Å². The number of nitrogens with zero attached hydrogens (tertiary/aromatic N) is 3. The monoisotopic (exact) mass is 269 g/mol. The number of ether oxygens (including phenoxy) is 2. The maximum absolute atomic E-state index is 13.4. The minimum Gasteiger partial charge on any atom is -0.495 e. The van der Waals surface area contributed by atoms with Crippen molar-refractivity contribution in [2.24, 2.45) is 0 Å². The van der Waals surface area contributed by atoms with Gasteiger partial charge in [0.2, 0.25) is 5.82 Å². The SMILES string of the molecule is COc1ccc(-c2nc(Cl)c(F)c(OC)n2)nc1. The first-order valence-electron chi connectivity index (χ1n) is 4.93. The Balaban J connectivity index is 2.46. The Morgan fingerprint density at radius 3 is 2.50 bits per heavy atom. The highest BCUT2D eigenvalue weighted by molar-refractivity contribution is 6.29. The van der Waals surface area contributed by atoms with Gasteiger partial charge in [-0.3, -0.25) is 0 Å². The lowest BCUT2D eigenvalue weighted by Crippen LogP contribution is -2.00. The summed E-state index contributed by atoms with van der Waals surface area (Å²) in [6.07, 6.45) is 1.50. The van der Waals surface area contributed by atoms with Gasteiger partial charge in [-0.15, -0.1) is 0 Å². The van der Waals surface area contributed by atoms with E-state index in [0.717, 1.165) is 0 Å². The van der Waals surface area contributed by atoms with Gasteiger partial charge in [-0.2, -0.15) is 9.37 Å². The third-order valence-corrected chi connectivity index (χ3v) is 2.43. The van der Waals surface area contributed by atoms with Crippen LogP contribution in [0.3, 0.4) is 0 Å². The number of hydrogen-bond donors (Lipinski definition) is 0. The molecule has 7 heteroatoms. The van der Waals surface area contributed by atoms with Gasteiger partial charge < -0.3 is 9.47 Å². The predicted octanol–water partition coefficient (Wildman–Crippen LogP) is 2.35. The number of rotatable bonds is 3. The van der Waals surface area contributed by atoms with Crippen LogP contribution in [-0.4, -0.2) is 29.2 Å². The molecule has 0 aliphatic rings. The first kappa shape index (κ1) is 12.5. The van der Waals surface area contributed by atoms with E-state index in [1.54, 1.807) is 12.1 Å². The van der Waals surface area contributed by atoms with Crippen molar-refractivity contribution in [3.8, 4) is 23.1 Å². The number of halogens is 2. The van der Waals surface area contributed by atoms with Crippen LogP contribution in [0.1, 0.15) is 0 Å². The van der Waals surface area contributed by atoms with Crippen LogP contribution < -0.4 is 9.47 Å². The molecule has 0 fully saturated rings. The standard InChI is InChI=1S/C11H9ClFN3O2/c1-17-6-3-4-7(14-5-6)10-15-9(12)8(13)11(16-10)18-2/h3-5H,1-2H3. The largest absolute Gasteiger partial charge is 0.495 e. The van der Waals surface area contributed by atoms with Gasteiger partial charge in [-0.1, -0.05) is 11.6 Å². The summed E-state index contributed by atoms with van der Waals surface area (Å²) in [6, 6.07) is 3.33. The molecule has 0 bridgehead atoms. The van der Waals surface area contributed by atoms with Gasteiger partial charge in [0.05, 0.1) is 20.4 Å². The number of methoxy groups -OCH3 is 2. The molecule has 0 unspecified atom stereocenters. The smallest absolute Gasteiger partial charge is 0.255 e. The number of pyridine rings is 1. The molecule has 0 spiro atoms. The Labute approximate surface area is 108 Å². The quantitative estimate of drug-likeness (QED) is 0.801. The van der Waals surface area contributed by atoms with Gasteiger partial charge in [0, 0.05) is 0 Å². The molecule has 18 heavy (non-hydrogen) atoms. The van der Waals surface area contributed by atoms with E-state index in [2.05, 4.69) is 15.0 Å². The van der Waals surface area contributed by atoms with Gasteiger partial charge in [0.25, 0.3) is 5.88 Å². The lowest BCUT2D eigenvalue weighted by Gasteiger charge is -2.05. The molecule has 2 rings (SSSR count). The Kier molecular flexibility index (Phi) is 3.57. The first-order valence-corrected chi connectivity index (χ1v) is 5.31. The van der Waals surface area contributed by atoms with Crippen LogP contribution >= 0.6 is 11.6 Å². The minimum absolute atomic E-state index is 0.181. The molecule has 0 N–H and O–H groups in total. The molecule has 0 saturated carbocycles. The molecule has 0 amide bonds. The van der Waals surface area contributed by atoms with E-state index in [0.29, 0.717) is 11.4 Å². The fourth-order valence-electron chi connectivity index (χ4n) is 1.28. The second kappa shape index (κ2) is 5.14. The van der Waals surface area contributed by atoms with E-state index >= 15 is 0 Å². The summed E-state index contributed by atoms with van der Waals surface area (Å²) in [6.45, 7) is 0. The van der Waals surface area contributed by atoms with Crippen LogP contribution in [0.25, 0.3) is 11.5 Å². The first-order chi connectivity index (χ1) is 8.65. The summed E-state index contributed by atoms with van der Waals surface area (Å²) >= 11 is 5.65. The molecular weight excluding hydrogens is 261 g/mol. The maximum Gasteiger partial charge on any atom is 0.255 e. The van der Waals surface area contributed by atoms with Crippen molar-refractivity contribution < 1.29 is 13.9 Å². The zero-order chi connectivity index (χ0) is 13.1. The van der Waals surface area contributed by atoms with Crippen molar-refractivity contribution in [2.75, 3.05) is 14.2 Å². The highest BCUT2D eigenvalue weighted by atomic mass is 35.5. The Bertz CT molecular complexity index is 563. The average molecular weight is 270 g/mol. The van der Waals surface area contributed by atoms with Crippen molar-refractivity contribution in [3.05, 3.63) is 29.3 Å². The topological polar surface area (TPSA) is 57.1 Å². The summed E-state index contributed by atoms with van der Waals surface area (Å²) in [5.74, 6) is -0.237. The molecular formula is C11H9ClFN3O2. The van der Waals surface area contributed by atoms with Crippen LogP contribution in [0.2, 0.25) is 5.15 Å². The van der Waals surface area contributed by atoms with Crippen molar-refractivity contribution in [3.63, 3.8) is 0 Å². The van der Waals surface area contributed by atoms with E-state index in [4.69, 9.17) is 21.1 Å². The fourth-order valence-corrected chi connectivity index (χ4v) is 1.44. The second-order valence-electron chi connectivity index (χ2n) is 3.24. The summed E-state index contributed by atoms with van der Waals surface area (Å²) in [5, 5.41) is -0.311. The van der Waals surface area contributed by atoms with Crippen molar-refractivity contribution in [1.29, 1.82) is 0 Å². The van der Waals surface area contributed by atoms with Gasteiger partial charge in [0.1, 0.15) is 11.4 Å². The van der Waals surface area contributed by atoms with Crippen molar-refractivity contribution in [2.45, 2.75) is 0 Å². The van der Waals surface area contributed by atoms with Crippen molar-refractivity contribution in [1.82, 2.24) is 15.0 Å². The number of hydrogen-bond acceptors (Lipinski definition) is 5. The Hall–Kier alpha value is -1.95. The zero-order valence-electron chi connectivity index (χ0n) is 9.65. The Morgan fingerprint density at radius 1 is 1.17 bits per heavy atom. The number of aromatic nitrogens is 3. The van der Waals surface area contributed by atoms with Gasteiger partial charge in [-0.05, 0) is 12.1 Å². The van der Waals surface area contributed by atoms with Crippen LogP contribution in [0.4, 0.5) is 4.39 Å². The van der Waals surface area contributed by atoms with Crippen LogP contribution in [0.15, 0.2) is 18.3 Å². The van der Waals surface area contributed by atoms with E-state index in [-0.39, 0.29) is 16.9 Å². The fraction of sp³-hybridized carbons (Fsp3) is 0.182. The highest BCUT2D eigenvalue weighted by Gasteiger charge is 2.15. The average Bonchev–Trinajstić information content (AvgIpc) is 2.42. The van der Waals surface area contributed by atoms with Gasteiger partial charge in [-0.25, -0.2) is 9.97 Å². The zero-order valence-corrected chi connectivity index (χ0v) is 10.4. The van der Waals surface area contributed by atoms with Gasteiger partial charge >= 0.3 is 0 Å². The molecule has 5 nitrogen and oxygen atoms in total. The molecule has 0 atom stereocenters. The lowest BCUT2D eigenvalue weighted by molar-refractivity contribution is 0.368. The van der Waals surface area contributed by atoms with E-state index < -0.39 is 5.82 Å².